The molecular weight excluding hydrogens is 477 g/mol. The van der Waals surface area contributed by atoms with Crippen LogP contribution < -0.4 is 10.6 Å². The van der Waals surface area contributed by atoms with Gasteiger partial charge in [0.1, 0.15) is 5.00 Å². The van der Waals surface area contributed by atoms with E-state index in [1.807, 2.05) is 0 Å². The number of benzene rings is 1. The lowest BCUT2D eigenvalue weighted by atomic mass is 9.88. The maximum atomic E-state index is 12.9. The highest BCUT2D eigenvalue weighted by Gasteiger charge is 2.35. The molecule has 0 spiro atoms. The Morgan fingerprint density at radius 1 is 1.30 bits per heavy atom. The zero-order valence-electron chi connectivity index (χ0n) is 17.8. The Morgan fingerprint density at radius 2 is 2.06 bits per heavy atom. The van der Waals surface area contributed by atoms with E-state index in [2.05, 4.69) is 17.6 Å². The van der Waals surface area contributed by atoms with E-state index < -0.39 is 34.8 Å². The number of rotatable bonds is 4. The quantitative estimate of drug-likeness (QED) is 0.572. The molecule has 2 atom stereocenters. The summed E-state index contributed by atoms with van der Waals surface area (Å²) in [6, 6.07) is 3.12. The predicted octanol–water partition coefficient (Wildman–Crippen LogP) is 5.12. The molecule has 2 aromatic rings. The highest BCUT2D eigenvalue weighted by atomic mass is 32.2. The van der Waals surface area contributed by atoms with Crippen LogP contribution in [0.25, 0.3) is 0 Å². The lowest BCUT2D eigenvalue weighted by molar-refractivity contribution is -0.137. The Kier molecular flexibility index (Phi) is 6.45. The fourth-order valence-electron chi connectivity index (χ4n) is 3.96. The van der Waals surface area contributed by atoms with Crippen molar-refractivity contribution in [1.82, 2.24) is 0 Å². The van der Waals surface area contributed by atoms with Crippen molar-refractivity contribution in [3.63, 3.8) is 0 Å². The van der Waals surface area contributed by atoms with E-state index in [1.165, 1.54) is 24.5 Å². The third-order valence-corrected chi connectivity index (χ3v) is 8.10. The molecule has 33 heavy (non-hydrogen) atoms. The van der Waals surface area contributed by atoms with Gasteiger partial charge in [0.15, 0.2) is 0 Å². The van der Waals surface area contributed by atoms with E-state index >= 15 is 0 Å². The molecule has 0 saturated carbocycles. The Hall–Kier alpha value is -2.53. The first kappa shape index (κ1) is 23.6. The molecule has 1 aromatic heterocycles. The van der Waals surface area contributed by atoms with Crippen LogP contribution in [0.3, 0.4) is 0 Å². The maximum absolute atomic E-state index is 12.9. The SMILES string of the molecule is COC(=O)c1c(NC(=O)C[C@@H]2Sc3ccc(C(F)(F)F)cc3NC2=O)sc2c1CC[C@H](C)C2. The first-order valence-corrected chi connectivity index (χ1v) is 12.0. The number of ether oxygens (including phenoxy) is 1. The van der Waals surface area contributed by atoms with Crippen molar-refractivity contribution in [2.24, 2.45) is 5.92 Å². The molecule has 2 N–H and O–H groups in total. The summed E-state index contributed by atoms with van der Waals surface area (Å²) in [4.78, 5) is 39.1. The lowest BCUT2D eigenvalue weighted by Crippen LogP contribution is -2.32. The van der Waals surface area contributed by atoms with E-state index in [9.17, 15) is 27.6 Å². The molecule has 1 aromatic carbocycles. The van der Waals surface area contributed by atoms with Crippen molar-refractivity contribution >= 4 is 51.6 Å². The average molecular weight is 499 g/mol. The molecule has 1 aliphatic heterocycles. The number of nitrogens with one attached hydrogen (secondary N) is 2. The van der Waals surface area contributed by atoms with E-state index in [0.717, 1.165) is 53.6 Å². The van der Waals surface area contributed by atoms with Crippen molar-refractivity contribution in [2.75, 3.05) is 17.7 Å². The zero-order valence-corrected chi connectivity index (χ0v) is 19.4. The van der Waals surface area contributed by atoms with Gasteiger partial charge in [-0.25, -0.2) is 4.79 Å². The van der Waals surface area contributed by atoms with Gasteiger partial charge in [-0.05, 0) is 48.9 Å². The number of esters is 1. The number of carbonyl (C=O) groups excluding carboxylic acids is 3. The van der Waals surface area contributed by atoms with Crippen molar-refractivity contribution in [1.29, 1.82) is 0 Å². The van der Waals surface area contributed by atoms with Crippen LogP contribution in [0.2, 0.25) is 0 Å². The third kappa shape index (κ3) is 4.89. The van der Waals surface area contributed by atoms with Crippen LogP contribution in [0, 0.1) is 5.92 Å². The number of carbonyl (C=O) groups is 3. The molecule has 11 heteroatoms. The minimum atomic E-state index is -4.52. The van der Waals surface area contributed by atoms with Crippen molar-refractivity contribution in [3.8, 4) is 0 Å². The number of hydrogen-bond acceptors (Lipinski definition) is 6. The van der Waals surface area contributed by atoms with Crippen LogP contribution in [0.1, 0.15) is 46.1 Å². The predicted molar refractivity (Wildman–Crippen MR) is 120 cm³/mol. The van der Waals surface area contributed by atoms with Gasteiger partial charge >= 0.3 is 12.1 Å². The number of thioether (sulfide) groups is 1. The second-order valence-electron chi connectivity index (χ2n) is 8.10. The second-order valence-corrected chi connectivity index (χ2v) is 10.5. The monoisotopic (exact) mass is 498 g/mol. The molecule has 2 heterocycles. The van der Waals surface area contributed by atoms with Crippen molar-refractivity contribution in [2.45, 2.75) is 48.9 Å². The maximum Gasteiger partial charge on any atom is 0.416 e. The molecule has 2 amide bonds. The molecule has 0 bridgehead atoms. The normalized spacial score (nSPS) is 19.8. The summed E-state index contributed by atoms with van der Waals surface area (Å²) >= 11 is 2.38. The first-order chi connectivity index (χ1) is 15.6. The number of hydrogen-bond donors (Lipinski definition) is 2. The summed E-state index contributed by atoms with van der Waals surface area (Å²) in [6.07, 6.45) is -2.23. The number of anilines is 2. The van der Waals surface area contributed by atoms with Gasteiger partial charge in [-0.3, -0.25) is 9.59 Å². The van der Waals surface area contributed by atoms with Gasteiger partial charge in [-0.1, -0.05) is 6.92 Å². The fourth-order valence-corrected chi connectivity index (χ4v) is 6.47. The van der Waals surface area contributed by atoms with E-state index in [4.69, 9.17) is 4.74 Å². The molecule has 0 radical (unpaired) electrons. The molecule has 1 aliphatic carbocycles. The summed E-state index contributed by atoms with van der Waals surface area (Å²) in [5.74, 6) is -1.05. The summed E-state index contributed by atoms with van der Waals surface area (Å²) < 4.78 is 43.7. The van der Waals surface area contributed by atoms with Gasteiger partial charge in [0.05, 0.1) is 29.2 Å². The Balaban J connectivity index is 1.50. The van der Waals surface area contributed by atoms with Gasteiger partial charge in [-0.15, -0.1) is 23.1 Å². The minimum Gasteiger partial charge on any atom is -0.465 e. The number of amides is 2. The Labute approximate surface area is 196 Å². The summed E-state index contributed by atoms with van der Waals surface area (Å²) in [5, 5.41) is 4.81. The third-order valence-electron chi connectivity index (χ3n) is 5.65. The van der Waals surface area contributed by atoms with Crippen LogP contribution in [-0.2, 0) is 33.3 Å². The highest BCUT2D eigenvalue weighted by Crippen LogP contribution is 2.42. The molecule has 0 unspecified atom stereocenters. The van der Waals surface area contributed by atoms with Gasteiger partial charge in [-0.2, -0.15) is 13.2 Å². The first-order valence-electron chi connectivity index (χ1n) is 10.3. The smallest absolute Gasteiger partial charge is 0.416 e. The number of fused-ring (bicyclic) bond motifs is 2. The topological polar surface area (TPSA) is 84.5 Å². The van der Waals surface area contributed by atoms with Gasteiger partial charge < -0.3 is 15.4 Å². The van der Waals surface area contributed by atoms with Gasteiger partial charge in [0.25, 0.3) is 0 Å². The zero-order chi connectivity index (χ0) is 23.9. The van der Waals surface area contributed by atoms with E-state index in [0.29, 0.717) is 21.4 Å². The number of alkyl halides is 3. The van der Waals surface area contributed by atoms with Crippen LogP contribution >= 0.6 is 23.1 Å². The summed E-state index contributed by atoms with van der Waals surface area (Å²) in [7, 11) is 1.29. The molecule has 4 rings (SSSR count). The number of halogens is 3. The Bertz CT molecular complexity index is 1130. The van der Waals surface area contributed by atoms with Crippen molar-refractivity contribution in [3.05, 3.63) is 39.8 Å². The minimum absolute atomic E-state index is 0.0736. The van der Waals surface area contributed by atoms with E-state index in [-0.39, 0.29) is 12.1 Å². The second kappa shape index (κ2) is 9.02. The fraction of sp³-hybridized carbons (Fsp3) is 0.409. The van der Waals surface area contributed by atoms with Gasteiger partial charge in [0, 0.05) is 16.2 Å². The van der Waals surface area contributed by atoms with Crippen LogP contribution in [0.15, 0.2) is 23.1 Å². The number of methoxy groups -OCH3 is 1. The lowest BCUT2D eigenvalue weighted by Gasteiger charge is -2.24. The molecular formula is C22H21F3N2O4S2. The van der Waals surface area contributed by atoms with Crippen LogP contribution in [-0.4, -0.2) is 30.1 Å². The standard InChI is InChI=1S/C22H21F3N2O4S2/c1-10-3-5-12-15(7-10)33-20(18(12)21(30)31-2)27-17(28)9-16-19(29)26-13-8-11(22(23,24)25)4-6-14(13)32-16/h4,6,8,10,16H,3,5,7,9H2,1-2H3,(H,26,29)(H,27,28)/t10-,16-/m0/s1. The van der Waals surface area contributed by atoms with Crippen LogP contribution in [0.5, 0.6) is 0 Å². The molecule has 6 nitrogen and oxygen atoms in total. The largest absolute Gasteiger partial charge is 0.465 e. The van der Waals surface area contributed by atoms with E-state index in [1.54, 1.807) is 0 Å². The molecule has 2 aliphatic rings. The van der Waals surface area contributed by atoms with Crippen molar-refractivity contribution < 1.29 is 32.3 Å². The van der Waals surface area contributed by atoms with Gasteiger partial charge in [0.2, 0.25) is 11.8 Å². The summed E-state index contributed by atoms with van der Waals surface area (Å²) in [6.45, 7) is 2.13. The highest BCUT2D eigenvalue weighted by molar-refractivity contribution is 8.01. The van der Waals surface area contributed by atoms with Crippen LogP contribution in [0.4, 0.5) is 23.9 Å². The molecule has 0 fully saturated rings. The average Bonchev–Trinajstić information content (AvgIpc) is 3.09. The molecule has 0 saturated heterocycles. The molecule has 176 valence electrons. The number of thiophene rings is 1. The summed E-state index contributed by atoms with van der Waals surface area (Å²) in [5.41, 5.74) is 0.483. The Morgan fingerprint density at radius 3 is 2.76 bits per heavy atom.